The predicted octanol–water partition coefficient (Wildman–Crippen LogP) is 1.17. The van der Waals surface area contributed by atoms with Gasteiger partial charge in [0.15, 0.2) is 11.4 Å². The number of aryl methyl sites for hydroxylation is 1. The quantitative estimate of drug-likeness (QED) is 0.775. The average Bonchev–Trinajstić information content (AvgIpc) is 2.35. The molecule has 3 heterocycles. The summed E-state index contributed by atoms with van der Waals surface area (Å²) in [4.78, 5) is 26.1. The number of thioether (sulfide) groups is 1. The number of carbonyl (C=O) groups is 1. The van der Waals surface area contributed by atoms with Crippen LogP contribution in [0, 0.1) is 6.92 Å². The maximum absolute atomic E-state index is 12.5. The minimum atomic E-state index is -0.449. The molecule has 6 heteroatoms. The van der Waals surface area contributed by atoms with Gasteiger partial charge in [-0.05, 0) is 26.0 Å². The highest BCUT2D eigenvalue weighted by molar-refractivity contribution is 7.99. The number of fused-ring (bicyclic) bond motifs is 2. The maximum atomic E-state index is 12.5. The predicted molar refractivity (Wildman–Crippen MR) is 73.6 cm³/mol. The molecule has 0 saturated carbocycles. The van der Waals surface area contributed by atoms with Gasteiger partial charge in [0.05, 0.1) is 11.9 Å². The van der Waals surface area contributed by atoms with E-state index in [1.807, 2.05) is 6.92 Å². The van der Waals surface area contributed by atoms with Gasteiger partial charge in [-0.2, -0.15) is 0 Å². The lowest BCUT2D eigenvalue weighted by atomic mass is 10.1. The molecule has 2 aliphatic rings. The van der Waals surface area contributed by atoms with Gasteiger partial charge in [0.2, 0.25) is 5.43 Å². The molecule has 0 radical (unpaired) electrons. The number of aromatic nitrogens is 1. The highest BCUT2D eigenvalue weighted by atomic mass is 32.2. The standard InChI is InChI=1S/C13H16N2O3S/c1-7-5-14-6-9-15(8(2)3-4-19-9)13(18)10(14)12(17)11(7)16/h5,8-9,17H,3-4,6H2,1-2H3/t8-,9+/m1/s1. The lowest BCUT2D eigenvalue weighted by molar-refractivity contribution is 0.0575. The largest absolute Gasteiger partial charge is 0.503 e. The molecule has 3 rings (SSSR count). The molecular weight excluding hydrogens is 264 g/mol. The van der Waals surface area contributed by atoms with Crippen molar-refractivity contribution in [1.29, 1.82) is 0 Å². The van der Waals surface area contributed by atoms with Gasteiger partial charge in [-0.25, -0.2) is 0 Å². The summed E-state index contributed by atoms with van der Waals surface area (Å²) in [5, 5.41) is 10.1. The minimum absolute atomic E-state index is 0.102. The van der Waals surface area contributed by atoms with E-state index >= 15 is 0 Å². The van der Waals surface area contributed by atoms with Crippen molar-refractivity contribution < 1.29 is 9.90 Å². The van der Waals surface area contributed by atoms with Crippen molar-refractivity contribution in [2.45, 2.75) is 38.2 Å². The Balaban J connectivity index is 2.16. The summed E-state index contributed by atoms with van der Waals surface area (Å²) in [7, 11) is 0. The second kappa shape index (κ2) is 4.30. The fraction of sp³-hybridized carbons (Fsp3) is 0.538. The van der Waals surface area contributed by atoms with Crippen molar-refractivity contribution in [2.75, 3.05) is 5.75 Å². The van der Waals surface area contributed by atoms with Crippen molar-refractivity contribution in [3.63, 3.8) is 0 Å². The summed E-state index contributed by atoms with van der Waals surface area (Å²) in [6, 6.07) is 0.156. The normalized spacial score (nSPS) is 26.0. The molecule has 1 aromatic heterocycles. The first-order valence-corrected chi connectivity index (χ1v) is 7.43. The van der Waals surface area contributed by atoms with E-state index in [1.165, 1.54) is 0 Å². The number of aromatic hydroxyl groups is 1. The van der Waals surface area contributed by atoms with Gasteiger partial charge < -0.3 is 14.6 Å². The van der Waals surface area contributed by atoms with Crippen LogP contribution in [0.25, 0.3) is 0 Å². The first-order valence-electron chi connectivity index (χ1n) is 6.38. The molecule has 1 saturated heterocycles. The Morgan fingerprint density at radius 1 is 1.42 bits per heavy atom. The molecule has 0 spiro atoms. The Bertz CT molecular complexity index is 611. The van der Waals surface area contributed by atoms with Crippen LogP contribution in [-0.4, -0.2) is 37.6 Å². The van der Waals surface area contributed by atoms with Crippen molar-refractivity contribution in [1.82, 2.24) is 9.47 Å². The van der Waals surface area contributed by atoms with Crippen LogP contribution in [0.5, 0.6) is 5.75 Å². The Hall–Kier alpha value is -1.43. The molecule has 0 aliphatic carbocycles. The van der Waals surface area contributed by atoms with Gasteiger partial charge in [-0.15, -0.1) is 11.8 Å². The molecule has 19 heavy (non-hydrogen) atoms. The Morgan fingerprint density at radius 3 is 2.89 bits per heavy atom. The fourth-order valence-electron chi connectivity index (χ4n) is 2.80. The van der Waals surface area contributed by atoms with Gasteiger partial charge in [0, 0.05) is 17.8 Å². The van der Waals surface area contributed by atoms with Crippen molar-refractivity contribution in [3.05, 3.63) is 27.7 Å². The molecule has 102 valence electrons. The summed E-state index contributed by atoms with van der Waals surface area (Å²) in [6.07, 6.45) is 2.62. The lowest BCUT2D eigenvalue weighted by Crippen LogP contribution is -2.53. The highest BCUT2D eigenvalue weighted by Crippen LogP contribution is 2.34. The number of carbonyl (C=O) groups excluding carboxylic acids is 1. The number of nitrogens with zero attached hydrogens (tertiary/aromatic N) is 2. The summed E-state index contributed by atoms with van der Waals surface area (Å²) < 4.78 is 1.72. The number of hydrogen-bond donors (Lipinski definition) is 1. The van der Waals surface area contributed by atoms with Gasteiger partial charge in [0.1, 0.15) is 0 Å². The SMILES string of the molecule is Cc1cn2c(c(O)c1=O)C(=O)N1[C@H](C)CCS[C@H]1C2. The molecular formula is C13H16N2O3S. The molecule has 1 N–H and O–H groups in total. The van der Waals surface area contributed by atoms with E-state index < -0.39 is 11.2 Å². The van der Waals surface area contributed by atoms with Crippen LogP contribution >= 0.6 is 11.8 Å². The van der Waals surface area contributed by atoms with E-state index in [2.05, 4.69) is 0 Å². The van der Waals surface area contributed by atoms with Crippen LogP contribution in [0.3, 0.4) is 0 Å². The zero-order valence-electron chi connectivity index (χ0n) is 10.9. The third kappa shape index (κ3) is 1.77. The van der Waals surface area contributed by atoms with Crippen LogP contribution in [-0.2, 0) is 6.54 Å². The van der Waals surface area contributed by atoms with E-state index in [0.717, 1.165) is 12.2 Å². The van der Waals surface area contributed by atoms with Gasteiger partial charge >= 0.3 is 0 Å². The van der Waals surface area contributed by atoms with E-state index in [4.69, 9.17) is 0 Å². The smallest absolute Gasteiger partial charge is 0.275 e. The van der Waals surface area contributed by atoms with Crippen LogP contribution in [0.1, 0.15) is 29.4 Å². The first kappa shape index (κ1) is 12.6. The van der Waals surface area contributed by atoms with Gasteiger partial charge in [-0.3, -0.25) is 9.59 Å². The van der Waals surface area contributed by atoms with Gasteiger partial charge in [0.25, 0.3) is 5.91 Å². The second-order valence-electron chi connectivity index (χ2n) is 5.17. The molecule has 0 bridgehead atoms. The van der Waals surface area contributed by atoms with E-state index in [9.17, 15) is 14.7 Å². The Kier molecular flexibility index (Phi) is 2.85. The minimum Gasteiger partial charge on any atom is -0.503 e. The molecule has 1 amide bonds. The molecule has 5 nitrogen and oxygen atoms in total. The van der Waals surface area contributed by atoms with Crippen molar-refractivity contribution in [2.24, 2.45) is 0 Å². The molecule has 1 fully saturated rings. The maximum Gasteiger partial charge on any atom is 0.275 e. The summed E-state index contributed by atoms with van der Waals surface area (Å²) >= 11 is 1.76. The van der Waals surface area contributed by atoms with Crippen LogP contribution in [0.15, 0.2) is 11.0 Å². The zero-order valence-corrected chi connectivity index (χ0v) is 11.7. The molecule has 2 aliphatic heterocycles. The topological polar surface area (TPSA) is 62.5 Å². The van der Waals surface area contributed by atoms with Crippen LogP contribution < -0.4 is 5.43 Å². The monoisotopic (exact) mass is 280 g/mol. The number of amides is 1. The highest BCUT2D eigenvalue weighted by Gasteiger charge is 2.39. The molecule has 1 aromatic rings. The molecule has 0 aromatic carbocycles. The van der Waals surface area contributed by atoms with Crippen LogP contribution in [0.2, 0.25) is 0 Å². The number of pyridine rings is 1. The number of hydrogen-bond acceptors (Lipinski definition) is 4. The second-order valence-corrected chi connectivity index (χ2v) is 6.45. The van der Waals surface area contributed by atoms with Crippen molar-refractivity contribution >= 4 is 17.7 Å². The third-order valence-electron chi connectivity index (χ3n) is 3.86. The molecule has 0 unspecified atom stereocenters. The lowest BCUT2D eigenvalue weighted by Gasteiger charge is -2.44. The number of rotatable bonds is 0. The third-order valence-corrected chi connectivity index (χ3v) is 5.09. The first-order chi connectivity index (χ1) is 9.00. The summed E-state index contributed by atoms with van der Waals surface area (Å²) in [6.45, 7) is 4.30. The van der Waals surface area contributed by atoms with E-state index in [0.29, 0.717) is 12.1 Å². The fourth-order valence-corrected chi connectivity index (χ4v) is 4.27. The Morgan fingerprint density at radius 2 is 2.16 bits per heavy atom. The van der Waals surface area contributed by atoms with Gasteiger partial charge in [-0.1, -0.05) is 0 Å². The Labute approximate surface area is 115 Å². The van der Waals surface area contributed by atoms with Crippen molar-refractivity contribution in [3.8, 4) is 5.75 Å². The van der Waals surface area contributed by atoms with E-state index in [1.54, 1.807) is 34.3 Å². The zero-order chi connectivity index (χ0) is 13.7. The summed E-state index contributed by atoms with van der Waals surface area (Å²) in [5.41, 5.74) is 0.160. The summed E-state index contributed by atoms with van der Waals surface area (Å²) in [5.74, 6) is 0.396. The van der Waals surface area contributed by atoms with Crippen LogP contribution in [0.4, 0.5) is 0 Å². The van der Waals surface area contributed by atoms with E-state index in [-0.39, 0.29) is 23.0 Å². The average molecular weight is 280 g/mol. The molecule has 2 atom stereocenters.